The van der Waals surface area contributed by atoms with Gasteiger partial charge in [-0.1, -0.05) is 50.3 Å². The van der Waals surface area contributed by atoms with Crippen LogP contribution in [0.5, 0.6) is 11.5 Å². The Morgan fingerprint density at radius 2 is 1.86 bits per heavy atom. The van der Waals surface area contributed by atoms with Crippen LogP contribution >= 0.6 is 15.9 Å². The molecule has 3 rings (SSSR count). The van der Waals surface area contributed by atoms with Gasteiger partial charge in [-0.3, -0.25) is 9.59 Å². The van der Waals surface area contributed by atoms with Crippen molar-refractivity contribution < 1.29 is 24.5 Å². The number of aliphatic hydroxyl groups is 1. The molecule has 186 valence electrons. The molecule has 35 heavy (non-hydrogen) atoms. The molecule has 0 spiro atoms. The van der Waals surface area contributed by atoms with Crippen LogP contribution in [-0.2, 0) is 9.59 Å². The molecule has 0 saturated heterocycles. The molecule has 8 heteroatoms. The summed E-state index contributed by atoms with van der Waals surface area (Å²) in [4.78, 5) is 30.2. The van der Waals surface area contributed by atoms with Gasteiger partial charge in [0.1, 0.15) is 0 Å². The van der Waals surface area contributed by atoms with Gasteiger partial charge in [-0.25, -0.2) is 0 Å². The molecule has 0 fully saturated rings. The van der Waals surface area contributed by atoms with Gasteiger partial charge < -0.3 is 24.7 Å². The Morgan fingerprint density at radius 1 is 1.17 bits per heavy atom. The largest absolute Gasteiger partial charge is 0.503 e. The number of aliphatic hydroxyl groups excluding tert-OH is 1. The molecule has 0 radical (unpaired) electrons. The second-order valence-corrected chi connectivity index (χ2v) is 9.06. The minimum absolute atomic E-state index is 0.00432. The van der Waals surface area contributed by atoms with Crippen LogP contribution < -0.4 is 4.74 Å². The van der Waals surface area contributed by atoms with Crippen molar-refractivity contribution in [1.29, 1.82) is 0 Å². The van der Waals surface area contributed by atoms with E-state index in [0.29, 0.717) is 23.0 Å². The van der Waals surface area contributed by atoms with E-state index in [0.717, 1.165) is 25.2 Å². The lowest BCUT2D eigenvalue weighted by Gasteiger charge is -2.28. The smallest absolute Gasteiger partial charge is 0.290 e. The summed E-state index contributed by atoms with van der Waals surface area (Å²) in [6.45, 7) is 7.09. The number of phenols is 1. The molecular formula is C27H31BrN2O5. The van der Waals surface area contributed by atoms with Gasteiger partial charge in [0.25, 0.3) is 5.91 Å². The number of allylic oxidation sites excluding steroid dienone is 1. The number of hydrogen-bond acceptors (Lipinski definition) is 6. The monoisotopic (exact) mass is 542 g/mol. The molecule has 2 aromatic rings. The number of hydrogen-bond donors (Lipinski definition) is 2. The van der Waals surface area contributed by atoms with Gasteiger partial charge in [-0.15, -0.1) is 0 Å². The minimum Gasteiger partial charge on any atom is -0.503 e. The highest BCUT2D eigenvalue weighted by Gasteiger charge is 2.43. The average Bonchev–Trinajstić information content (AvgIpc) is 3.12. The lowest BCUT2D eigenvalue weighted by atomic mass is 9.95. The molecule has 0 saturated carbocycles. The summed E-state index contributed by atoms with van der Waals surface area (Å²) in [6, 6.07) is 11.7. The summed E-state index contributed by atoms with van der Waals surface area (Å²) in [5.41, 5.74) is 1.37. The fourth-order valence-electron chi connectivity index (χ4n) is 4.22. The van der Waals surface area contributed by atoms with E-state index in [1.165, 1.54) is 18.1 Å². The molecular weight excluding hydrogens is 512 g/mol. The van der Waals surface area contributed by atoms with Crippen LogP contribution in [0.25, 0.3) is 6.08 Å². The molecule has 7 nitrogen and oxygen atoms in total. The first-order valence-electron chi connectivity index (χ1n) is 11.6. The SMILES string of the molecule is CCN(CC)CCCN1C(=O)C(O)=C(C(=O)/C=C/c2ccccc2)C1c1cc(Br)c(O)c(OC)c1. The maximum absolute atomic E-state index is 13.3. The van der Waals surface area contributed by atoms with Gasteiger partial charge in [0.2, 0.25) is 0 Å². The quantitative estimate of drug-likeness (QED) is 0.393. The number of rotatable bonds is 11. The van der Waals surface area contributed by atoms with E-state index in [2.05, 4.69) is 34.7 Å². The summed E-state index contributed by atoms with van der Waals surface area (Å²) < 4.78 is 5.65. The third kappa shape index (κ3) is 5.94. The fourth-order valence-corrected chi connectivity index (χ4v) is 4.68. The molecule has 1 unspecified atom stereocenters. The van der Waals surface area contributed by atoms with Crippen molar-refractivity contribution in [2.75, 3.05) is 33.3 Å². The third-order valence-electron chi connectivity index (χ3n) is 6.15. The van der Waals surface area contributed by atoms with Gasteiger partial charge in [-0.05, 0) is 71.3 Å². The second kappa shape index (κ2) is 12.0. The van der Waals surface area contributed by atoms with Gasteiger partial charge in [0.15, 0.2) is 23.0 Å². The predicted molar refractivity (Wildman–Crippen MR) is 139 cm³/mol. The maximum Gasteiger partial charge on any atom is 0.290 e. The van der Waals surface area contributed by atoms with E-state index < -0.39 is 23.5 Å². The van der Waals surface area contributed by atoms with Crippen LogP contribution in [0, 0.1) is 0 Å². The molecule has 0 bridgehead atoms. The average molecular weight is 543 g/mol. The van der Waals surface area contributed by atoms with Crippen LogP contribution in [-0.4, -0.2) is 65.0 Å². The highest BCUT2D eigenvalue weighted by molar-refractivity contribution is 9.10. The minimum atomic E-state index is -0.821. The molecule has 2 aromatic carbocycles. The molecule has 0 aromatic heterocycles. The van der Waals surface area contributed by atoms with Gasteiger partial charge in [0.05, 0.1) is 23.2 Å². The molecule has 1 heterocycles. The highest BCUT2D eigenvalue weighted by Crippen LogP contribution is 2.43. The fraction of sp³-hybridized carbons (Fsp3) is 0.333. The number of ether oxygens (including phenoxy) is 1. The van der Waals surface area contributed by atoms with Crippen LogP contribution in [0.1, 0.15) is 37.4 Å². The normalized spacial score (nSPS) is 16.1. The lowest BCUT2D eigenvalue weighted by molar-refractivity contribution is -0.129. The van der Waals surface area contributed by atoms with Crippen LogP contribution in [0.15, 0.2) is 64.3 Å². The van der Waals surface area contributed by atoms with E-state index >= 15 is 0 Å². The molecule has 1 aliphatic rings. The van der Waals surface area contributed by atoms with E-state index in [1.807, 2.05) is 30.3 Å². The van der Waals surface area contributed by atoms with E-state index in [4.69, 9.17) is 4.74 Å². The molecule has 1 aliphatic heterocycles. The van der Waals surface area contributed by atoms with Gasteiger partial charge in [0, 0.05) is 6.54 Å². The number of carbonyl (C=O) groups is 2. The summed E-state index contributed by atoms with van der Waals surface area (Å²) in [7, 11) is 1.43. The summed E-state index contributed by atoms with van der Waals surface area (Å²) in [5, 5.41) is 21.1. The number of methoxy groups -OCH3 is 1. The topological polar surface area (TPSA) is 90.3 Å². The van der Waals surface area contributed by atoms with Crippen LogP contribution in [0.4, 0.5) is 0 Å². The Bertz CT molecular complexity index is 1130. The summed E-state index contributed by atoms with van der Waals surface area (Å²) in [6.07, 6.45) is 3.70. The van der Waals surface area contributed by atoms with Crippen molar-refractivity contribution in [1.82, 2.24) is 9.80 Å². The van der Waals surface area contributed by atoms with Crippen molar-refractivity contribution in [3.8, 4) is 11.5 Å². The number of amides is 1. The number of aromatic hydroxyl groups is 1. The Morgan fingerprint density at radius 3 is 2.49 bits per heavy atom. The van der Waals surface area contributed by atoms with Crippen molar-refractivity contribution in [3.05, 3.63) is 75.5 Å². The van der Waals surface area contributed by atoms with Crippen LogP contribution in [0.2, 0.25) is 0 Å². The zero-order chi connectivity index (χ0) is 25.5. The Hall–Kier alpha value is -3.10. The van der Waals surface area contributed by atoms with Gasteiger partial charge in [-0.2, -0.15) is 0 Å². The van der Waals surface area contributed by atoms with Crippen molar-refractivity contribution in [3.63, 3.8) is 0 Å². The van der Waals surface area contributed by atoms with Gasteiger partial charge >= 0.3 is 0 Å². The molecule has 1 amide bonds. The van der Waals surface area contributed by atoms with Crippen molar-refractivity contribution in [2.24, 2.45) is 0 Å². The Labute approximate surface area is 214 Å². The lowest BCUT2D eigenvalue weighted by Crippen LogP contribution is -2.34. The maximum atomic E-state index is 13.3. The number of benzene rings is 2. The van der Waals surface area contributed by atoms with E-state index in [1.54, 1.807) is 18.2 Å². The predicted octanol–water partition coefficient (Wildman–Crippen LogP) is 4.87. The first kappa shape index (κ1) is 26.5. The van der Waals surface area contributed by atoms with E-state index in [9.17, 15) is 19.8 Å². The first-order chi connectivity index (χ1) is 16.8. The first-order valence-corrected chi connectivity index (χ1v) is 12.4. The zero-order valence-electron chi connectivity index (χ0n) is 20.2. The summed E-state index contributed by atoms with van der Waals surface area (Å²) >= 11 is 3.33. The summed E-state index contributed by atoms with van der Waals surface area (Å²) in [5.74, 6) is -1.49. The number of carbonyl (C=O) groups excluding carboxylic acids is 2. The Kier molecular flexibility index (Phi) is 9.12. The number of ketones is 1. The van der Waals surface area contributed by atoms with E-state index in [-0.39, 0.29) is 17.1 Å². The van der Waals surface area contributed by atoms with Crippen molar-refractivity contribution in [2.45, 2.75) is 26.3 Å². The number of nitrogens with zero attached hydrogens (tertiary/aromatic N) is 2. The zero-order valence-corrected chi connectivity index (χ0v) is 21.8. The molecule has 0 aliphatic carbocycles. The number of halogens is 1. The standard InChI is InChI=1S/C27H31BrN2O5/c1-4-29(5-2)14-9-15-30-24(19-16-20(28)25(32)22(17-19)35-3)23(26(33)27(30)34)21(31)13-12-18-10-7-6-8-11-18/h6-8,10-13,16-17,24,32-33H,4-5,9,14-15H2,1-3H3/b13-12+. The molecule has 1 atom stereocenters. The molecule has 2 N–H and O–H groups in total. The Balaban J connectivity index is 2.00. The highest BCUT2D eigenvalue weighted by atomic mass is 79.9. The van der Waals surface area contributed by atoms with Crippen LogP contribution in [0.3, 0.4) is 0 Å². The second-order valence-electron chi connectivity index (χ2n) is 8.21. The van der Waals surface area contributed by atoms with Crippen molar-refractivity contribution >= 4 is 33.7 Å². The number of phenolic OH excluding ortho intramolecular Hbond substituents is 1. The third-order valence-corrected chi connectivity index (χ3v) is 6.75.